The van der Waals surface area contributed by atoms with Gasteiger partial charge >= 0.3 is 6.09 Å². The van der Waals surface area contributed by atoms with Crippen LogP contribution in [0.15, 0.2) is 24.3 Å². The monoisotopic (exact) mass is 369 g/mol. The summed E-state index contributed by atoms with van der Waals surface area (Å²) >= 11 is 3.16. The van der Waals surface area contributed by atoms with Gasteiger partial charge in [-0.25, -0.2) is 4.79 Å². The van der Waals surface area contributed by atoms with Crippen LogP contribution >= 0.6 is 15.9 Å². The first-order valence-electron chi connectivity index (χ1n) is 7.42. The number of rotatable bonds is 6. The van der Waals surface area contributed by atoms with E-state index in [0.29, 0.717) is 17.3 Å². The Morgan fingerprint density at radius 1 is 1.23 bits per heavy atom. The second-order valence-corrected chi connectivity index (χ2v) is 6.77. The third-order valence-corrected chi connectivity index (χ3v) is 3.60. The molecule has 4 nitrogen and oxygen atoms in total. The second kappa shape index (κ2) is 8.32. The molecule has 0 aliphatic carbocycles. The molecule has 1 unspecified atom stereocenters. The van der Waals surface area contributed by atoms with Gasteiger partial charge in [-0.1, -0.05) is 47.1 Å². The molecule has 1 N–H and O–H groups in total. The Morgan fingerprint density at radius 2 is 1.82 bits per heavy atom. The highest BCUT2D eigenvalue weighted by molar-refractivity contribution is 9.09. The summed E-state index contributed by atoms with van der Waals surface area (Å²) in [4.78, 5) is 23.4. The minimum atomic E-state index is -0.500. The number of alkyl halides is 1. The molecule has 0 aliphatic heterocycles. The normalized spacial score (nSPS) is 12.6. The summed E-state index contributed by atoms with van der Waals surface area (Å²) in [5.74, 6) is 0.0606. The molecular weight excluding hydrogens is 346 g/mol. The van der Waals surface area contributed by atoms with Crippen LogP contribution in [0.5, 0.6) is 0 Å². The Balaban J connectivity index is 2.62. The lowest BCUT2D eigenvalue weighted by Gasteiger charge is -2.23. The number of hydrogen-bond acceptors (Lipinski definition) is 3. The Bertz CT molecular complexity index is 506. The molecule has 0 bridgehead atoms. The molecule has 22 heavy (non-hydrogen) atoms. The molecule has 1 atom stereocenters. The zero-order valence-electron chi connectivity index (χ0n) is 13.6. The second-order valence-electron chi connectivity index (χ2n) is 6.21. The molecule has 0 heterocycles. The highest BCUT2D eigenvalue weighted by Gasteiger charge is 2.19. The standard InChI is InChI=1S/C17H24BrNO3/c1-5-14(19-16(21)22-17(2,3)4)10-12-6-8-13(9-7-12)15(20)11-18/h6-9,14H,5,10-11H2,1-4H3,(H,19,21). The van der Waals surface area contributed by atoms with E-state index in [1.807, 2.05) is 52.0 Å². The fourth-order valence-electron chi connectivity index (χ4n) is 1.96. The number of nitrogens with one attached hydrogen (secondary N) is 1. The molecule has 1 aromatic rings. The minimum absolute atomic E-state index is 0.00702. The van der Waals surface area contributed by atoms with Gasteiger partial charge in [0.05, 0.1) is 5.33 Å². The van der Waals surface area contributed by atoms with Gasteiger partial charge in [-0.05, 0) is 39.2 Å². The summed E-state index contributed by atoms with van der Waals surface area (Å²) < 4.78 is 5.27. The molecule has 0 spiro atoms. The van der Waals surface area contributed by atoms with Gasteiger partial charge in [0.15, 0.2) is 5.78 Å². The van der Waals surface area contributed by atoms with Crippen LogP contribution < -0.4 is 5.32 Å². The van der Waals surface area contributed by atoms with Crippen molar-refractivity contribution in [2.45, 2.75) is 52.2 Å². The zero-order chi connectivity index (χ0) is 16.8. The third-order valence-electron chi connectivity index (χ3n) is 3.09. The number of carbonyl (C=O) groups is 2. The highest BCUT2D eigenvalue weighted by Crippen LogP contribution is 2.11. The van der Waals surface area contributed by atoms with Gasteiger partial charge < -0.3 is 10.1 Å². The van der Waals surface area contributed by atoms with Crippen LogP contribution in [-0.2, 0) is 11.2 Å². The number of alkyl carbamates (subject to hydrolysis) is 1. The van der Waals surface area contributed by atoms with Crippen LogP contribution in [0.2, 0.25) is 0 Å². The van der Waals surface area contributed by atoms with E-state index in [0.717, 1.165) is 12.0 Å². The van der Waals surface area contributed by atoms with Gasteiger partial charge in [-0.3, -0.25) is 4.79 Å². The lowest BCUT2D eigenvalue weighted by atomic mass is 10.0. The van der Waals surface area contributed by atoms with Crippen molar-refractivity contribution in [1.82, 2.24) is 5.32 Å². The van der Waals surface area contributed by atoms with Crippen molar-refractivity contribution in [1.29, 1.82) is 0 Å². The molecule has 1 rings (SSSR count). The lowest BCUT2D eigenvalue weighted by Crippen LogP contribution is -2.39. The Morgan fingerprint density at radius 3 is 2.27 bits per heavy atom. The molecule has 1 amide bonds. The smallest absolute Gasteiger partial charge is 0.407 e. The number of Topliss-reactive ketones (excluding diaryl/α,β-unsaturated/α-hetero) is 1. The lowest BCUT2D eigenvalue weighted by molar-refractivity contribution is 0.0503. The zero-order valence-corrected chi connectivity index (χ0v) is 15.2. The van der Waals surface area contributed by atoms with Crippen molar-refractivity contribution in [3.63, 3.8) is 0 Å². The van der Waals surface area contributed by atoms with Crippen molar-refractivity contribution in [3.8, 4) is 0 Å². The van der Waals surface area contributed by atoms with Crippen LogP contribution in [0.1, 0.15) is 50.0 Å². The van der Waals surface area contributed by atoms with Crippen molar-refractivity contribution < 1.29 is 14.3 Å². The fraction of sp³-hybridized carbons (Fsp3) is 0.529. The van der Waals surface area contributed by atoms with Crippen molar-refractivity contribution in [2.75, 3.05) is 5.33 Å². The summed E-state index contributed by atoms with van der Waals surface area (Å²) in [7, 11) is 0. The maximum atomic E-state index is 11.8. The van der Waals surface area contributed by atoms with Gasteiger partial charge in [-0.2, -0.15) is 0 Å². The average molecular weight is 370 g/mol. The van der Waals surface area contributed by atoms with Gasteiger partial charge in [-0.15, -0.1) is 0 Å². The predicted octanol–water partition coefficient (Wildman–Crippen LogP) is 4.11. The van der Waals surface area contributed by atoms with Crippen LogP contribution in [0.3, 0.4) is 0 Å². The Hall–Kier alpha value is -1.36. The molecule has 0 fully saturated rings. The number of hydrogen-bond donors (Lipinski definition) is 1. The topological polar surface area (TPSA) is 55.4 Å². The molecule has 5 heteroatoms. The van der Waals surface area contributed by atoms with E-state index in [1.54, 1.807) is 0 Å². The van der Waals surface area contributed by atoms with Gasteiger partial charge in [0.25, 0.3) is 0 Å². The van der Waals surface area contributed by atoms with E-state index in [1.165, 1.54) is 0 Å². The first-order chi connectivity index (χ1) is 10.2. The molecule has 1 aromatic carbocycles. The minimum Gasteiger partial charge on any atom is -0.444 e. The maximum Gasteiger partial charge on any atom is 0.407 e. The van der Waals surface area contributed by atoms with Crippen molar-refractivity contribution >= 4 is 27.8 Å². The number of carbonyl (C=O) groups excluding carboxylic acids is 2. The van der Waals surface area contributed by atoms with Gasteiger partial charge in [0.2, 0.25) is 0 Å². The van der Waals surface area contributed by atoms with E-state index in [4.69, 9.17) is 4.74 Å². The number of ether oxygens (including phenoxy) is 1. The molecule has 0 aromatic heterocycles. The maximum absolute atomic E-state index is 11.8. The van der Waals surface area contributed by atoms with E-state index < -0.39 is 11.7 Å². The van der Waals surface area contributed by atoms with Crippen LogP contribution in [0.4, 0.5) is 4.79 Å². The quantitative estimate of drug-likeness (QED) is 0.606. The summed E-state index contributed by atoms with van der Waals surface area (Å²) in [6, 6.07) is 7.50. The van der Waals surface area contributed by atoms with Crippen molar-refractivity contribution in [3.05, 3.63) is 35.4 Å². The van der Waals surface area contributed by atoms with E-state index in [2.05, 4.69) is 21.2 Å². The fourth-order valence-corrected chi connectivity index (χ4v) is 2.28. The molecule has 0 radical (unpaired) electrons. The SMILES string of the molecule is CCC(Cc1ccc(C(=O)CBr)cc1)NC(=O)OC(C)(C)C. The van der Waals surface area contributed by atoms with Crippen molar-refractivity contribution in [2.24, 2.45) is 0 Å². The average Bonchev–Trinajstić information content (AvgIpc) is 2.44. The summed E-state index contributed by atoms with van der Waals surface area (Å²) in [5, 5.41) is 3.21. The van der Waals surface area contributed by atoms with Gasteiger partial charge in [0.1, 0.15) is 5.60 Å². The first-order valence-corrected chi connectivity index (χ1v) is 8.55. The largest absolute Gasteiger partial charge is 0.444 e. The summed E-state index contributed by atoms with van der Waals surface area (Å²) in [6.45, 7) is 7.54. The molecule has 122 valence electrons. The number of ketones is 1. The summed E-state index contributed by atoms with van der Waals surface area (Å²) in [6.07, 6.45) is 1.12. The van der Waals surface area contributed by atoms with E-state index in [9.17, 15) is 9.59 Å². The molecule has 0 saturated heterocycles. The first kappa shape index (κ1) is 18.7. The van der Waals surface area contributed by atoms with Crippen LogP contribution in [0, 0.1) is 0 Å². The highest BCUT2D eigenvalue weighted by atomic mass is 79.9. The number of benzene rings is 1. The van der Waals surface area contributed by atoms with Crippen LogP contribution in [-0.4, -0.2) is 28.8 Å². The van der Waals surface area contributed by atoms with Crippen LogP contribution in [0.25, 0.3) is 0 Å². The van der Waals surface area contributed by atoms with E-state index in [-0.39, 0.29) is 11.8 Å². The van der Waals surface area contributed by atoms with E-state index >= 15 is 0 Å². The third kappa shape index (κ3) is 6.60. The Labute approximate surface area is 140 Å². The number of halogens is 1. The molecular formula is C17H24BrNO3. The predicted molar refractivity (Wildman–Crippen MR) is 91.7 cm³/mol. The Kier molecular flexibility index (Phi) is 7.07. The molecule has 0 aliphatic rings. The number of amides is 1. The molecule has 0 saturated carbocycles. The van der Waals surface area contributed by atoms with Gasteiger partial charge in [0, 0.05) is 11.6 Å². The summed E-state index contributed by atoms with van der Waals surface area (Å²) in [5.41, 5.74) is 1.27.